The Labute approximate surface area is 96.1 Å². The fraction of sp³-hybridized carbons (Fsp3) is 0.429. The van der Waals surface area contributed by atoms with Gasteiger partial charge in [-0.2, -0.15) is 0 Å². The summed E-state index contributed by atoms with van der Waals surface area (Å²) in [6.07, 6.45) is 6.03. The maximum absolute atomic E-state index is 5.96. The van der Waals surface area contributed by atoms with E-state index in [1.807, 2.05) is 0 Å². The third-order valence-electron chi connectivity index (χ3n) is 3.39. The molecule has 1 fully saturated rings. The van der Waals surface area contributed by atoms with Crippen molar-refractivity contribution >= 4 is 16.6 Å². The van der Waals surface area contributed by atoms with Crippen molar-refractivity contribution in [3.05, 3.63) is 30.0 Å². The molecule has 3 rings (SSSR count). The van der Waals surface area contributed by atoms with Crippen LogP contribution in [0.25, 0.3) is 10.9 Å². The van der Waals surface area contributed by atoms with E-state index in [2.05, 4.69) is 35.9 Å². The van der Waals surface area contributed by atoms with Crippen LogP contribution in [-0.2, 0) is 6.54 Å². The molecule has 0 spiro atoms. The number of anilines is 1. The van der Waals surface area contributed by atoms with E-state index in [-0.39, 0.29) is 0 Å². The molecule has 1 aromatic heterocycles. The molecule has 1 aliphatic carbocycles. The van der Waals surface area contributed by atoms with Gasteiger partial charge in [-0.15, -0.1) is 0 Å². The fourth-order valence-electron chi connectivity index (χ4n) is 2.54. The lowest BCUT2D eigenvalue weighted by atomic mass is 10.1. The van der Waals surface area contributed by atoms with Gasteiger partial charge in [-0.05, 0) is 48.9 Å². The lowest BCUT2D eigenvalue weighted by Gasteiger charge is -2.09. The van der Waals surface area contributed by atoms with E-state index in [0.29, 0.717) is 0 Å². The van der Waals surface area contributed by atoms with E-state index in [1.165, 1.54) is 35.7 Å². The molecule has 1 aromatic carbocycles. The summed E-state index contributed by atoms with van der Waals surface area (Å²) in [6, 6.07) is 6.45. The molecule has 0 saturated heterocycles. The Morgan fingerprint density at radius 3 is 2.88 bits per heavy atom. The second kappa shape index (κ2) is 3.55. The number of benzene rings is 1. The van der Waals surface area contributed by atoms with Gasteiger partial charge in [-0.25, -0.2) is 0 Å². The molecule has 84 valence electrons. The largest absolute Gasteiger partial charge is 0.399 e. The zero-order chi connectivity index (χ0) is 11.1. The third kappa shape index (κ3) is 1.49. The predicted molar refractivity (Wildman–Crippen MR) is 68.6 cm³/mol. The summed E-state index contributed by atoms with van der Waals surface area (Å²) < 4.78 is 2.38. The van der Waals surface area contributed by atoms with Crippen LogP contribution < -0.4 is 5.73 Å². The second-order valence-electron chi connectivity index (χ2n) is 4.83. The quantitative estimate of drug-likeness (QED) is 0.779. The first-order valence-electron chi connectivity index (χ1n) is 6.18. The van der Waals surface area contributed by atoms with E-state index in [1.54, 1.807) is 0 Å². The Morgan fingerprint density at radius 2 is 2.19 bits per heavy atom. The number of hydrogen-bond acceptors (Lipinski definition) is 1. The Hall–Kier alpha value is -1.44. The number of nitrogens with zero attached hydrogens (tertiary/aromatic N) is 1. The van der Waals surface area contributed by atoms with Crippen LogP contribution in [0.5, 0.6) is 0 Å². The normalized spacial score (nSPS) is 15.8. The van der Waals surface area contributed by atoms with Crippen LogP contribution in [0.1, 0.15) is 37.7 Å². The van der Waals surface area contributed by atoms with Crippen LogP contribution in [0.2, 0.25) is 0 Å². The van der Waals surface area contributed by atoms with Gasteiger partial charge < -0.3 is 10.3 Å². The molecular weight excluding hydrogens is 196 g/mol. The number of hydrogen-bond donors (Lipinski definition) is 1. The molecule has 2 aromatic rings. The topological polar surface area (TPSA) is 30.9 Å². The summed E-state index contributed by atoms with van der Waals surface area (Å²) in [5, 5.41) is 1.30. The van der Waals surface area contributed by atoms with Crippen molar-refractivity contribution in [1.29, 1.82) is 0 Å². The van der Waals surface area contributed by atoms with Gasteiger partial charge in [0.1, 0.15) is 0 Å². The van der Waals surface area contributed by atoms with Crippen molar-refractivity contribution in [1.82, 2.24) is 4.57 Å². The molecule has 2 heteroatoms. The molecule has 2 nitrogen and oxygen atoms in total. The zero-order valence-electron chi connectivity index (χ0n) is 9.74. The highest BCUT2D eigenvalue weighted by Crippen LogP contribution is 2.44. The van der Waals surface area contributed by atoms with Gasteiger partial charge in [0.25, 0.3) is 0 Å². The molecule has 0 unspecified atom stereocenters. The van der Waals surface area contributed by atoms with Gasteiger partial charge in [0.2, 0.25) is 0 Å². The Balaban J connectivity index is 2.22. The SMILES string of the molecule is CCCn1ccc2cc(N)cc(C3CC3)c21. The zero-order valence-corrected chi connectivity index (χ0v) is 9.74. The van der Waals surface area contributed by atoms with Gasteiger partial charge in [0, 0.05) is 23.8 Å². The van der Waals surface area contributed by atoms with Crippen LogP contribution in [0.15, 0.2) is 24.4 Å². The number of nitrogens with two attached hydrogens (primary N) is 1. The smallest absolute Gasteiger partial charge is 0.0517 e. The minimum Gasteiger partial charge on any atom is -0.399 e. The summed E-state index contributed by atoms with van der Waals surface area (Å²) in [5.74, 6) is 0.761. The van der Waals surface area contributed by atoms with E-state index < -0.39 is 0 Å². The first-order valence-corrected chi connectivity index (χ1v) is 6.18. The van der Waals surface area contributed by atoms with Crippen LogP contribution in [0.4, 0.5) is 5.69 Å². The van der Waals surface area contributed by atoms with Crippen LogP contribution in [0, 0.1) is 0 Å². The molecule has 2 N–H and O–H groups in total. The standard InChI is InChI=1S/C14H18N2/c1-2-6-16-7-5-11-8-12(15)9-13(14(11)16)10-3-4-10/h5,7-10H,2-4,6,15H2,1H3. The molecular formula is C14H18N2. The average molecular weight is 214 g/mol. The predicted octanol–water partition coefficient (Wildman–Crippen LogP) is 3.51. The van der Waals surface area contributed by atoms with E-state index in [9.17, 15) is 0 Å². The van der Waals surface area contributed by atoms with E-state index >= 15 is 0 Å². The van der Waals surface area contributed by atoms with Crippen molar-refractivity contribution in [3.63, 3.8) is 0 Å². The molecule has 1 saturated carbocycles. The number of aryl methyl sites for hydroxylation is 1. The first-order chi connectivity index (χ1) is 7.79. The van der Waals surface area contributed by atoms with Gasteiger partial charge in [-0.3, -0.25) is 0 Å². The minimum atomic E-state index is 0.761. The van der Waals surface area contributed by atoms with Crippen molar-refractivity contribution < 1.29 is 0 Å². The lowest BCUT2D eigenvalue weighted by molar-refractivity contribution is 0.701. The van der Waals surface area contributed by atoms with E-state index in [4.69, 9.17) is 5.73 Å². The molecule has 16 heavy (non-hydrogen) atoms. The lowest BCUT2D eigenvalue weighted by Crippen LogP contribution is -1.98. The highest BCUT2D eigenvalue weighted by Gasteiger charge is 2.26. The Morgan fingerprint density at radius 1 is 1.38 bits per heavy atom. The highest BCUT2D eigenvalue weighted by atomic mass is 15.0. The summed E-state index contributed by atoms with van der Waals surface area (Å²) in [4.78, 5) is 0. The molecule has 0 aliphatic heterocycles. The minimum absolute atomic E-state index is 0.761. The second-order valence-corrected chi connectivity index (χ2v) is 4.83. The summed E-state index contributed by atoms with van der Waals surface area (Å²) >= 11 is 0. The number of nitrogen functional groups attached to an aromatic ring is 1. The van der Waals surface area contributed by atoms with Crippen molar-refractivity contribution in [2.75, 3.05) is 5.73 Å². The van der Waals surface area contributed by atoms with Gasteiger partial charge in [0.15, 0.2) is 0 Å². The van der Waals surface area contributed by atoms with Crippen molar-refractivity contribution in [3.8, 4) is 0 Å². The van der Waals surface area contributed by atoms with E-state index in [0.717, 1.165) is 18.2 Å². The third-order valence-corrected chi connectivity index (χ3v) is 3.39. The summed E-state index contributed by atoms with van der Waals surface area (Å²) in [5.41, 5.74) is 9.75. The Kier molecular flexibility index (Phi) is 2.16. The molecule has 0 atom stereocenters. The summed E-state index contributed by atoms with van der Waals surface area (Å²) in [7, 11) is 0. The molecule has 1 heterocycles. The highest BCUT2D eigenvalue weighted by molar-refractivity contribution is 5.87. The summed E-state index contributed by atoms with van der Waals surface area (Å²) in [6.45, 7) is 3.33. The average Bonchev–Trinajstić information content (AvgIpc) is 3.02. The molecule has 0 bridgehead atoms. The van der Waals surface area contributed by atoms with Gasteiger partial charge in [-0.1, -0.05) is 6.92 Å². The van der Waals surface area contributed by atoms with Crippen LogP contribution >= 0.6 is 0 Å². The number of fused-ring (bicyclic) bond motifs is 1. The molecule has 0 amide bonds. The van der Waals surface area contributed by atoms with Gasteiger partial charge >= 0.3 is 0 Å². The van der Waals surface area contributed by atoms with Crippen molar-refractivity contribution in [2.45, 2.75) is 38.6 Å². The molecule has 0 radical (unpaired) electrons. The van der Waals surface area contributed by atoms with Crippen LogP contribution in [0.3, 0.4) is 0 Å². The number of aromatic nitrogens is 1. The van der Waals surface area contributed by atoms with Crippen LogP contribution in [-0.4, -0.2) is 4.57 Å². The first kappa shape index (κ1) is 9.76. The number of rotatable bonds is 3. The monoisotopic (exact) mass is 214 g/mol. The fourth-order valence-corrected chi connectivity index (χ4v) is 2.54. The van der Waals surface area contributed by atoms with Gasteiger partial charge in [0.05, 0.1) is 5.52 Å². The maximum atomic E-state index is 5.96. The van der Waals surface area contributed by atoms with Crippen molar-refractivity contribution in [2.24, 2.45) is 0 Å². The molecule has 1 aliphatic rings. The maximum Gasteiger partial charge on any atom is 0.0517 e. The Bertz CT molecular complexity index is 521.